The number of benzene rings is 3. The van der Waals surface area contributed by atoms with E-state index in [1.165, 1.54) is 6.07 Å². The van der Waals surface area contributed by atoms with Crippen molar-refractivity contribution in [3.63, 3.8) is 0 Å². The summed E-state index contributed by atoms with van der Waals surface area (Å²) in [5.74, 6) is -0.414. The van der Waals surface area contributed by atoms with Crippen LogP contribution in [0.25, 0.3) is 0 Å². The molecule has 3 aromatic carbocycles. The van der Waals surface area contributed by atoms with Crippen LogP contribution in [0.15, 0.2) is 60.7 Å². The number of rotatable bonds is 4. The van der Waals surface area contributed by atoms with Gasteiger partial charge in [0.05, 0.1) is 19.1 Å². The first-order chi connectivity index (χ1) is 14.0. The molecule has 1 N–H and O–H groups in total. The molecule has 0 fully saturated rings. The fourth-order valence-corrected chi connectivity index (χ4v) is 3.64. The van der Waals surface area contributed by atoms with E-state index in [1.54, 1.807) is 49.6 Å². The number of hydrogen-bond donors (Lipinski definition) is 1. The van der Waals surface area contributed by atoms with Crippen molar-refractivity contribution in [2.45, 2.75) is 12.3 Å². The summed E-state index contributed by atoms with van der Waals surface area (Å²) in [6.45, 7) is 0. The zero-order chi connectivity index (χ0) is 20.5. The molecule has 3 aromatic rings. The molecule has 0 bridgehead atoms. The first-order valence-corrected chi connectivity index (χ1v) is 9.36. The van der Waals surface area contributed by atoms with Gasteiger partial charge in [0.2, 0.25) is 0 Å². The smallest absolute Gasteiger partial charge is 0.312 e. The molecule has 5 nitrogen and oxygen atoms in total. The van der Waals surface area contributed by atoms with Gasteiger partial charge in [-0.3, -0.25) is 9.59 Å². The van der Waals surface area contributed by atoms with E-state index in [9.17, 15) is 14.7 Å². The van der Waals surface area contributed by atoms with Crippen LogP contribution in [0, 0.1) is 0 Å². The van der Waals surface area contributed by atoms with Gasteiger partial charge in [-0.2, -0.15) is 0 Å². The maximum Gasteiger partial charge on any atom is 0.312 e. The Kier molecular flexibility index (Phi) is 4.99. The van der Waals surface area contributed by atoms with Crippen molar-refractivity contribution in [2.24, 2.45) is 0 Å². The molecule has 1 heterocycles. The molecule has 0 amide bonds. The molecular weight excluding hydrogens is 392 g/mol. The fraction of sp³-hybridized carbons (Fsp3) is 0.130. The minimum atomic E-state index is -0.435. The summed E-state index contributed by atoms with van der Waals surface area (Å²) in [6, 6.07) is 16.7. The van der Waals surface area contributed by atoms with Gasteiger partial charge in [0.15, 0.2) is 5.78 Å². The highest BCUT2D eigenvalue weighted by atomic mass is 35.5. The highest BCUT2D eigenvalue weighted by Crippen LogP contribution is 2.45. The largest absolute Gasteiger partial charge is 0.507 e. The number of ketones is 1. The van der Waals surface area contributed by atoms with E-state index >= 15 is 0 Å². The molecule has 146 valence electrons. The predicted octanol–water partition coefficient (Wildman–Crippen LogP) is 4.73. The molecule has 29 heavy (non-hydrogen) atoms. The van der Waals surface area contributed by atoms with Crippen LogP contribution in [0.4, 0.5) is 0 Å². The van der Waals surface area contributed by atoms with Crippen LogP contribution < -0.4 is 9.47 Å². The van der Waals surface area contributed by atoms with Gasteiger partial charge in [0.1, 0.15) is 17.2 Å². The minimum Gasteiger partial charge on any atom is -0.507 e. The summed E-state index contributed by atoms with van der Waals surface area (Å²) in [4.78, 5) is 25.0. The van der Waals surface area contributed by atoms with Crippen molar-refractivity contribution in [2.75, 3.05) is 7.11 Å². The molecule has 0 radical (unpaired) electrons. The normalized spacial score (nSPS) is 15.4. The van der Waals surface area contributed by atoms with Crippen LogP contribution >= 0.6 is 11.6 Å². The first kappa shape index (κ1) is 19.0. The number of esters is 1. The quantitative estimate of drug-likeness (QED) is 0.384. The molecule has 0 saturated heterocycles. The van der Waals surface area contributed by atoms with Crippen molar-refractivity contribution in [3.8, 4) is 17.2 Å². The molecule has 4 rings (SSSR count). The van der Waals surface area contributed by atoms with Gasteiger partial charge < -0.3 is 14.6 Å². The second-order valence-electron chi connectivity index (χ2n) is 6.71. The average Bonchev–Trinajstić information content (AvgIpc) is 2.73. The summed E-state index contributed by atoms with van der Waals surface area (Å²) >= 11 is 5.89. The summed E-state index contributed by atoms with van der Waals surface area (Å²) in [5, 5.41) is 11.5. The van der Waals surface area contributed by atoms with Crippen molar-refractivity contribution >= 4 is 23.4 Å². The zero-order valence-electron chi connectivity index (χ0n) is 15.5. The SMILES string of the molecule is COc1ccc([C@H]2CC(=O)Oc3ccc(C(=O)c4ccc(Cl)cc4)c(O)c32)cc1. The second-order valence-corrected chi connectivity index (χ2v) is 7.15. The van der Waals surface area contributed by atoms with Crippen LogP contribution in [0.1, 0.15) is 39.4 Å². The number of hydrogen-bond acceptors (Lipinski definition) is 5. The van der Waals surface area contributed by atoms with Crippen LogP contribution in [-0.2, 0) is 4.79 Å². The zero-order valence-corrected chi connectivity index (χ0v) is 16.3. The fourth-order valence-electron chi connectivity index (χ4n) is 3.51. The number of methoxy groups -OCH3 is 1. The van der Waals surface area contributed by atoms with E-state index in [4.69, 9.17) is 21.1 Å². The van der Waals surface area contributed by atoms with Gasteiger partial charge in [-0.1, -0.05) is 23.7 Å². The summed E-state index contributed by atoms with van der Waals surface area (Å²) in [7, 11) is 1.57. The van der Waals surface area contributed by atoms with Gasteiger partial charge in [-0.15, -0.1) is 0 Å². The molecule has 6 heteroatoms. The lowest BCUT2D eigenvalue weighted by molar-refractivity contribution is -0.135. The Morgan fingerprint density at radius 2 is 1.76 bits per heavy atom. The van der Waals surface area contributed by atoms with Crippen LogP contribution in [0.3, 0.4) is 0 Å². The Morgan fingerprint density at radius 1 is 1.07 bits per heavy atom. The van der Waals surface area contributed by atoms with Gasteiger partial charge in [0, 0.05) is 22.1 Å². The third kappa shape index (κ3) is 3.57. The Hall–Kier alpha value is -3.31. The lowest BCUT2D eigenvalue weighted by Gasteiger charge is -2.26. The topological polar surface area (TPSA) is 72.8 Å². The maximum atomic E-state index is 12.9. The van der Waals surface area contributed by atoms with Crippen molar-refractivity contribution in [1.82, 2.24) is 0 Å². The molecule has 1 aliphatic rings. The van der Waals surface area contributed by atoms with Crippen LogP contribution in [-0.4, -0.2) is 24.0 Å². The van der Waals surface area contributed by atoms with E-state index in [2.05, 4.69) is 0 Å². The maximum absolute atomic E-state index is 12.9. The van der Waals surface area contributed by atoms with E-state index in [-0.39, 0.29) is 29.3 Å². The molecule has 0 unspecified atom stereocenters. The molecule has 0 aliphatic carbocycles. The van der Waals surface area contributed by atoms with Gasteiger partial charge in [-0.05, 0) is 54.1 Å². The summed E-state index contributed by atoms with van der Waals surface area (Å²) in [5.41, 5.74) is 1.78. The number of halogens is 1. The predicted molar refractivity (Wildman–Crippen MR) is 108 cm³/mol. The number of aromatic hydroxyl groups is 1. The number of carbonyl (C=O) groups excluding carboxylic acids is 2. The van der Waals surface area contributed by atoms with E-state index < -0.39 is 11.9 Å². The van der Waals surface area contributed by atoms with E-state index in [1.807, 2.05) is 12.1 Å². The third-order valence-electron chi connectivity index (χ3n) is 4.99. The Bertz CT molecular complexity index is 1090. The van der Waals surface area contributed by atoms with Gasteiger partial charge in [0.25, 0.3) is 0 Å². The van der Waals surface area contributed by atoms with E-state index in [0.717, 1.165) is 5.56 Å². The average molecular weight is 409 g/mol. The number of carbonyl (C=O) groups is 2. The molecule has 0 aromatic heterocycles. The Labute approximate surface area is 172 Å². The lowest BCUT2D eigenvalue weighted by atomic mass is 9.84. The first-order valence-electron chi connectivity index (χ1n) is 8.98. The third-order valence-corrected chi connectivity index (χ3v) is 5.24. The van der Waals surface area contributed by atoms with Crippen molar-refractivity contribution in [3.05, 3.63) is 87.9 Å². The van der Waals surface area contributed by atoms with Gasteiger partial charge >= 0.3 is 5.97 Å². The number of fused-ring (bicyclic) bond motifs is 1. The Balaban J connectivity index is 1.80. The molecule has 1 atom stereocenters. The highest BCUT2D eigenvalue weighted by molar-refractivity contribution is 6.30. The Morgan fingerprint density at radius 3 is 2.41 bits per heavy atom. The summed E-state index contributed by atoms with van der Waals surface area (Å²) < 4.78 is 10.5. The monoisotopic (exact) mass is 408 g/mol. The second kappa shape index (κ2) is 7.60. The number of phenols is 1. The number of ether oxygens (including phenoxy) is 2. The minimum absolute atomic E-state index is 0.0610. The molecule has 0 saturated carbocycles. The van der Waals surface area contributed by atoms with Crippen LogP contribution in [0.5, 0.6) is 17.2 Å². The van der Waals surface area contributed by atoms with Crippen LogP contribution in [0.2, 0.25) is 5.02 Å². The molecular formula is C23H17ClO5. The van der Waals surface area contributed by atoms with E-state index in [0.29, 0.717) is 21.9 Å². The van der Waals surface area contributed by atoms with Crippen molar-refractivity contribution < 1.29 is 24.2 Å². The number of phenolic OH excluding ortho intramolecular Hbond substituents is 1. The van der Waals surface area contributed by atoms with Crippen molar-refractivity contribution in [1.29, 1.82) is 0 Å². The lowest BCUT2D eigenvalue weighted by Crippen LogP contribution is -2.22. The molecule has 0 spiro atoms. The van der Waals surface area contributed by atoms with Gasteiger partial charge in [-0.25, -0.2) is 0 Å². The highest BCUT2D eigenvalue weighted by Gasteiger charge is 2.33. The standard InChI is InChI=1S/C23H17ClO5/c1-28-16-8-4-13(5-9-16)18-12-20(25)29-19-11-10-17(23(27)21(18)19)22(26)14-2-6-15(24)7-3-14/h2-11,18,27H,12H2,1H3/t18-/m1/s1. The summed E-state index contributed by atoms with van der Waals surface area (Å²) in [6.07, 6.45) is 0.0610. The molecule has 1 aliphatic heterocycles.